The predicted molar refractivity (Wildman–Crippen MR) is 80.5 cm³/mol. The highest BCUT2D eigenvalue weighted by atomic mass is 16.5. The van der Waals surface area contributed by atoms with E-state index in [-0.39, 0.29) is 12.2 Å². The maximum absolute atomic E-state index is 8.67. The van der Waals surface area contributed by atoms with Crippen LogP contribution in [0.25, 0.3) is 0 Å². The number of aliphatic hydroxyl groups excluding tert-OH is 1. The van der Waals surface area contributed by atoms with Gasteiger partial charge < -0.3 is 14.6 Å². The van der Waals surface area contributed by atoms with Crippen molar-refractivity contribution in [2.24, 2.45) is 0 Å². The van der Waals surface area contributed by atoms with Crippen molar-refractivity contribution >= 4 is 0 Å². The number of rotatable bonds is 14. The fraction of sp³-hybridized carbons (Fsp3) is 1.00. The van der Waals surface area contributed by atoms with Gasteiger partial charge in [0.05, 0.1) is 32.0 Å². The fourth-order valence-corrected chi connectivity index (χ4v) is 2.40. The van der Waals surface area contributed by atoms with Crippen LogP contribution in [0.15, 0.2) is 0 Å². The van der Waals surface area contributed by atoms with E-state index in [0.29, 0.717) is 19.8 Å². The highest BCUT2D eigenvalue weighted by Crippen LogP contribution is 2.29. The normalized spacial score (nSPS) is 14.5. The molecular formula is C16H34O3. The summed E-state index contributed by atoms with van der Waals surface area (Å²) in [5.74, 6) is 0. The summed E-state index contributed by atoms with van der Waals surface area (Å²) in [6.07, 6.45) is 9.66. The van der Waals surface area contributed by atoms with Crippen LogP contribution in [0, 0.1) is 0 Å². The molecule has 1 unspecified atom stereocenters. The lowest BCUT2D eigenvalue weighted by Gasteiger charge is -2.33. The van der Waals surface area contributed by atoms with E-state index in [9.17, 15) is 0 Å². The van der Waals surface area contributed by atoms with E-state index < -0.39 is 0 Å². The second-order valence-corrected chi connectivity index (χ2v) is 5.28. The second-order valence-electron chi connectivity index (χ2n) is 5.28. The SMILES string of the molecule is CCCCCC(CC)(CCCC)OCCOCCO. The number of hydrogen-bond acceptors (Lipinski definition) is 3. The molecule has 0 saturated heterocycles. The zero-order valence-corrected chi connectivity index (χ0v) is 13.2. The van der Waals surface area contributed by atoms with Gasteiger partial charge in [-0.05, 0) is 19.3 Å². The molecule has 0 fully saturated rings. The van der Waals surface area contributed by atoms with Crippen molar-refractivity contribution in [1.29, 1.82) is 0 Å². The van der Waals surface area contributed by atoms with Crippen LogP contribution in [-0.2, 0) is 9.47 Å². The molecule has 0 bridgehead atoms. The van der Waals surface area contributed by atoms with Crippen LogP contribution >= 0.6 is 0 Å². The fourth-order valence-electron chi connectivity index (χ4n) is 2.40. The maximum Gasteiger partial charge on any atom is 0.0708 e. The summed E-state index contributed by atoms with van der Waals surface area (Å²) >= 11 is 0. The van der Waals surface area contributed by atoms with Gasteiger partial charge >= 0.3 is 0 Å². The molecule has 0 saturated carbocycles. The zero-order chi connectivity index (χ0) is 14.4. The standard InChI is InChI=1S/C16H34O3/c1-4-7-9-11-16(6-3,10-8-5-2)19-15-14-18-13-12-17/h17H,4-15H2,1-3H3. The Bertz CT molecular complexity index is 185. The molecule has 3 nitrogen and oxygen atoms in total. The van der Waals surface area contributed by atoms with Gasteiger partial charge in [-0.3, -0.25) is 0 Å². The number of aliphatic hydroxyl groups is 1. The smallest absolute Gasteiger partial charge is 0.0708 e. The van der Waals surface area contributed by atoms with Gasteiger partial charge in [-0.15, -0.1) is 0 Å². The van der Waals surface area contributed by atoms with Crippen LogP contribution in [0.4, 0.5) is 0 Å². The first-order valence-corrected chi connectivity index (χ1v) is 8.07. The van der Waals surface area contributed by atoms with E-state index in [1.807, 2.05) is 0 Å². The molecule has 0 aliphatic heterocycles. The topological polar surface area (TPSA) is 38.7 Å². The van der Waals surface area contributed by atoms with Gasteiger partial charge in [0.25, 0.3) is 0 Å². The third-order valence-corrected chi connectivity index (χ3v) is 3.74. The Balaban J connectivity index is 4.11. The Morgan fingerprint density at radius 2 is 1.53 bits per heavy atom. The van der Waals surface area contributed by atoms with E-state index in [4.69, 9.17) is 14.6 Å². The largest absolute Gasteiger partial charge is 0.394 e. The lowest BCUT2D eigenvalue weighted by atomic mass is 9.88. The van der Waals surface area contributed by atoms with Crippen molar-refractivity contribution in [3.63, 3.8) is 0 Å². The van der Waals surface area contributed by atoms with Crippen molar-refractivity contribution in [3.8, 4) is 0 Å². The third kappa shape index (κ3) is 9.42. The molecule has 0 heterocycles. The Hall–Kier alpha value is -0.120. The zero-order valence-electron chi connectivity index (χ0n) is 13.2. The molecule has 0 aliphatic carbocycles. The van der Waals surface area contributed by atoms with Crippen molar-refractivity contribution in [3.05, 3.63) is 0 Å². The Labute approximate surface area is 119 Å². The summed E-state index contributed by atoms with van der Waals surface area (Å²) in [6, 6.07) is 0. The first-order chi connectivity index (χ1) is 9.24. The van der Waals surface area contributed by atoms with Crippen LogP contribution in [0.1, 0.15) is 72.1 Å². The minimum atomic E-state index is 0.0494. The van der Waals surface area contributed by atoms with E-state index in [1.165, 1.54) is 32.1 Å². The van der Waals surface area contributed by atoms with Crippen molar-refractivity contribution in [2.75, 3.05) is 26.4 Å². The average Bonchev–Trinajstić information content (AvgIpc) is 2.44. The summed E-state index contributed by atoms with van der Waals surface area (Å²) in [4.78, 5) is 0. The molecule has 116 valence electrons. The molecular weight excluding hydrogens is 240 g/mol. The van der Waals surface area contributed by atoms with Gasteiger partial charge in [0.1, 0.15) is 0 Å². The van der Waals surface area contributed by atoms with Crippen molar-refractivity contribution in [1.82, 2.24) is 0 Å². The average molecular weight is 274 g/mol. The van der Waals surface area contributed by atoms with E-state index in [1.54, 1.807) is 0 Å². The van der Waals surface area contributed by atoms with Gasteiger partial charge in [-0.1, -0.05) is 52.9 Å². The Morgan fingerprint density at radius 1 is 0.842 bits per heavy atom. The molecule has 0 aromatic rings. The lowest BCUT2D eigenvalue weighted by Crippen LogP contribution is -2.33. The number of unbranched alkanes of at least 4 members (excludes halogenated alkanes) is 3. The number of ether oxygens (including phenoxy) is 2. The third-order valence-electron chi connectivity index (χ3n) is 3.74. The molecule has 0 radical (unpaired) electrons. The van der Waals surface area contributed by atoms with Crippen LogP contribution in [0.3, 0.4) is 0 Å². The van der Waals surface area contributed by atoms with Crippen LogP contribution < -0.4 is 0 Å². The molecule has 3 heteroatoms. The summed E-state index contributed by atoms with van der Waals surface area (Å²) in [5, 5.41) is 8.67. The van der Waals surface area contributed by atoms with Gasteiger partial charge in [-0.2, -0.15) is 0 Å². The maximum atomic E-state index is 8.67. The summed E-state index contributed by atoms with van der Waals surface area (Å²) in [6.45, 7) is 8.43. The van der Waals surface area contributed by atoms with Gasteiger partial charge in [0.2, 0.25) is 0 Å². The van der Waals surface area contributed by atoms with E-state index in [0.717, 1.165) is 19.3 Å². The molecule has 0 amide bonds. The molecule has 0 aromatic heterocycles. The first-order valence-electron chi connectivity index (χ1n) is 8.07. The van der Waals surface area contributed by atoms with Crippen LogP contribution in [0.5, 0.6) is 0 Å². The first kappa shape index (κ1) is 18.9. The minimum Gasteiger partial charge on any atom is -0.394 e. The summed E-state index contributed by atoms with van der Waals surface area (Å²) in [5.41, 5.74) is 0.0494. The van der Waals surface area contributed by atoms with Crippen molar-refractivity contribution in [2.45, 2.75) is 77.7 Å². The highest BCUT2D eigenvalue weighted by molar-refractivity contribution is 4.79. The lowest BCUT2D eigenvalue weighted by molar-refractivity contribution is -0.0837. The van der Waals surface area contributed by atoms with Gasteiger partial charge in [0, 0.05) is 0 Å². The predicted octanol–water partition coefficient (Wildman–Crippen LogP) is 3.93. The quantitative estimate of drug-likeness (QED) is 0.488. The summed E-state index contributed by atoms with van der Waals surface area (Å²) < 4.78 is 11.4. The Morgan fingerprint density at radius 3 is 2.11 bits per heavy atom. The molecule has 1 N–H and O–H groups in total. The van der Waals surface area contributed by atoms with E-state index in [2.05, 4.69) is 20.8 Å². The molecule has 0 spiro atoms. The molecule has 19 heavy (non-hydrogen) atoms. The van der Waals surface area contributed by atoms with Crippen LogP contribution in [0.2, 0.25) is 0 Å². The molecule has 0 rings (SSSR count). The van der Waals surface area contributed by atoms with E-state index >= 15 is 0 Å². The number of hydrogen-bond donors (Lipinski definition) is 1. The second kappa shape index (κ2) is 12.9. The van der Waals surface area contributed by atoms with Crippen LogP contribution in [-0.4, -0.2) is 37.1 Å². The van der Waals surface area contributed by atoms with Gasteiger partial charge in [0.15, 0.2) is 0 Å². The Kier molecular flexibility index (Phi) is 12.8. The minimum absolute atomic E-state index is 0.0494. The molecule has 1 atom stereocenters. The molecule has 0 aliphatic rings. The summed E-state index contributed by atoms with van der Waals surface area (Å²) in [7, 11) is 0. The molecule has 0 aromatic carbocycles. The van der Waals surface area contributed by atoms with Crippen molar-refractivity contribution < 1.29 is 14.6 Å². The highest BCUT2D eigenvalue weighted by Gasteiger charge is 2.27. The monoisotopic (exact) mass is 274 g/mol. The van der Waals surface area contributed by atoms with Gasteiger partial charge in [-0.25, -0.2) is 0 Å².